The molecule has 0 N–H and O–H groups in total. The molecule has 6 heteroatoms. The molecule has 0 radical (unpaired) electrons. The molecule has 0 saturated carbocycles. The first-order valence-electron chi connectivity index (χ1n) is 23.4. The molecule has 0 saturated heterocycles. The normalized spacial score (nSPS) is 11.8. The zero-order chi connectivity index (χ0) is 45.4. The second-order valence-corrected chi connectivity index (χ2v) is 17.6. The van der Waals surface area contributed by atoms with Crippen LogP contribution in [-0.4, -0.2) is 28.7 Å². The van der Waals surface area contributed by atoms with Crippen LogP contribution in [0.15, 0.2) is 243 Å². The first-order valence-corrected chi connectivity index (χ1v) is 23.4. The summed E-state index contributed by atoms with van der Waals surface area (Å²) < 4.78 is 7.05. The number of para-hydroxylation sites is 5. The molecule has 10 aromatic carbocycles. The van der Waals surface area contributed by atoms with Gasteiger partial charge in [0.15, 0.2) is 11.6 Å². The third-order valence-corrected chi connectivity index (χ3v) is 13.7. The molecular weight excluding hydrogens is 841 g/mol. The van der Waals surface area contributed by atoms with Crippen LogP contribution in [0.2, 0.25) is 0 Å². The minimum Gasteiger partial charge on any atom is -0.309 e. The van der Waals surface area contributed by atoms with Gasteiger partial charge in [-0.25, -0.2) is 4.98 Å². The van der Waals surface area contributed by atoms with Gasteiger partial charge in [-0.15, -0.1) is 0 Å². The van der Waals surface area contributed by atoms with Crippen LogP contribution >= 0.6 is 0 Å². The van der Waals surface area contributed by atoms with Crippen LogP contribution in [0.25, 0.3) is 128 Å². The Morgan fingerprint density at radius 2 is 0.768 bits per heavy atom. The van der Waals surface area contributed by atoms with E-state index in [0.717, 1.165) is 88.5 Å². The highest BCUT2D eigenvalue weighted by Crippen LogP contribution is 2.43. The van der Waals surface area contributed by atoms with Crippen LogP contribution in [-0.2, 0) is 0 Å². The zero-order valence-electron chi connectivity index (χ0n) is 37.3. The average Bonchev–Trinajstić information content (AvgIpc) is 4.06. The fourth-order valence-electron chi connectivity index (χ4n) is 10.6. The predicted octanol–water partition coefficient (Wildman–Crippen LogP) is 15.8. The maximum absolute atomic E-state index is 5.55. The van der Waals surface area contributed by atoms with Gasteiger partial charge in [0.1, 0.15) is 0 Å². The standard InChI is InChI=1S/C63H40N6/c1-5-20-41(21-6-1)44-36-37-46(42-22-7-2-8-23-42)57(38-44)68-55-34-17-14-29-48(55)52-39-53-49-30-15-18-35-56(49)69(59(53)40-58(52)68)63-65-61(43-24-9-3-10-25-43)64-62(66-63)51-32-19-31-50-47-28-13-16-33-54(47)67(60(50)51)45-26-11-4-12-27-45/h1-40H. The molecule has 0 aliphatic heterocycles. The highest BCUT2D eigenvalue weighted by Gasteiger charge is 2.24. The Labute approximate surface area is 397 Å². The Morgan fingerprint density at radius 1 is 0.261 bits per heavy atom. The van der Waals surface area contributed by atoms with Gasteiger partial charge in [-0.2, -0.15) is 9.97 Å². The van der Waals surface area contributed by atoms with Crippen LogP contribution in [0, 0.1) is 0 Å². The number of nitrogens with zero attached hydrogens (tertiary/aromatic N) is 6. The Bertz CT molecular complexity index is 4280. The van der Waals surface area contributed by atoms with E-state index in [-0.39, 0.29) is 0 Å². The molecular formula is C63H40N6. The smallest absolute Gasteiger partial charge is 0.238 e. The lowest BCUT2D eigenvalue weighted by atomic mass is 9.98. The van der Waals surface area contributed by atoms with Crippen molar-refractivity contribution >= 4 is 65.4 Å². The lowest BCUT2D eigenvalue weighted by Crippen LogP contribution is -2.07. The van der Waals surface area contributed by atoms with Crippen LogP contribution in [0.3, 0.4) is 0 Å². The summed E-state index contributed by atoms with van der Waals surface area (Å²) in [6, 6.07) is 86.3. The summed E-state index contributed by atoms with van der Waals surface area (Å²) in [5.74, 6) is 1.74. The lowest BCUT2D eigenvalue weighted by molar-refractivity contribution is 0.953. The fourth-order valence-corrected chi connectivity index (χ4v) is 10.6. The largest absolute Gasteiger partial charge is 0.309 e. The van der Waals surface area contributed by atoms with E-state index in [0.29, 0.717) is 17.6 Å². The van der Waals surface area contributed by atoms with Gasteiger partial charge >= 0.3 is 0 Å². The Balaban J connectivity index is 1.08. The van der Waals surface area contributed by atoms with E-state index in [9.17, 15) is 0 Å². The van der Waals surface area contributed by atoms with Crippen molar-refractivity contribution in [3.05, 3.63) is 243 Å². The minimum atomic E-state index is 0.544. The Kier molecular flexibility index (Phi) is 8.79. The third kappa shape index (κ3) is 6.16. The molecule has 6 nitrogen and oxygen atoms in total. The molecule has 0 amide bonds. The van der Waals surface area contributed by atoms with E-state index >= 15 is 0 Å². The fraction of sp³-hybridized carbons (Fsp3) is 0. The van der Waals surface area contributed by atoms with E-state index in [1.165, 1.54) is 21.7 Å². The topological polar surface area (TPSA) is 53.5 Å². The summed E-state index contributed by atoms with van der Waals surface area (Å²) in [6.45, 7) is 0. The maximum atomic E-state index is 5.55. The SMILES string of the molecule is c1ccc(-c2ccc(-c3ccccc3)c(-n3c4ccccc4c4cc5c6ccccc6n(-c6nc(-c7ccccc7)nc(-c7cccc8c9ccccc9n(-c9ccccc9)c78)n6)c5cc43)c2)cc1. The van der Waals surface area contributed by atoms with Gasteiger partial charge in [0, 0.05) is 54.7 Å². The van der Waals surface area contributed by atoms with Gasteiger partial charge in [0.2, 0.25) is 5.95 Å². The van der Waals surface area contributed by atoms with Crippen LogP contribution in [0.4, 0.5) is 0 Å². The summed E-state index contributed by atoms with van der Waals surface area (Å²) in [5.41, 5.74) is 15.0. The highest BCUT2D eigenvalue weighted by molar-refractivity contribution is 6.19. The maximum Gasteiger partial charge on any atom is 0.238 e. The van der Waals surface area contributed by atoms with Crippen LogP contribution in [0.1, 0.15) is 0 Å². The predicted molar refractivity (Wildman–Crippen MR) is 285 cm³/mol. The third-order valence-electron chi connectivity index (χ3n) is 13.7. The van der Waals surface area contributed by atoms with E-state index < -0.39 is 0 Å². The molecule has 14 aromatic rings. The molecule has 0 fully saturated rings. The highest BCUT2D eigenvalue weighted by atomic mass is 15.2. The quantitative estimate of drug-likeness (QED) is 0.160. The number of hydrogen-bond acceptors (Lipinski definition) is 3. The molecule has 69 heavy (non-hydrogen) atoms. The van der Waals surface area contributed by atoms with Crippen molar-refractivity contribution in [3.8, 4) is 62.4 Å². The number of hydrogen-bond donors (Lipinski definition) is 0. The summed E-state index contributed by atoms with van der Waals surface area (Å²) in [6.07, 6.45) is 0. The van der Waals surface area contributed by atoms with Gasteiger partial charge in [0.25, 0.3) is 0 Å². The van der Waals surface area contributed by atoms with Crippen molar-refractivity contribution < 1.29 is 0 Å². The molecule has 0 aliphatic rings. The van der Waals surface area contributed by atoms with Crippen LogP contribution < -0.4 is 0 Å². The van der Waals surface area contributed by atoms with E-state index in [2.05, 4.69) is 238 Å². The number of rotatable bonds is 7. The summed E-state index contributed by atoms with van der Waals surface area (Å²) in [4.78, 5) is 16.3. The zero-order valence-corrected chi connectivity index (χ0v) is 37.3. The molecule has 0 aliphatic carbocycles. The molecule has 322 valence electrons. The molecule has 0 atom stereocenters. The molecule has 0 bridgehead atoms. The number of benzene rings is 10. The second-order valence-electron chi connectivity index (χ2n) is 17.6. The second kappa shape index (κ2) is 15.6. The van der Waals surface area contributed by atoms with E-state index in [1.54, 1.807) is 0 Å². The Hall–Kier alpha value is -9.39. The van der Waals surface area contributed by atoms with Gasteiger partial charge in [0.05, 0.1) is 38.8 Å². The van der Waals surface area contributed by atoms with Crippen molar-refractivity contribution in [2.75, 3.05) is 0 Å². The first kappa shape index (κ1) is 38.8. The monoisotopic (exact) mass is 880 g/mol. The Morgan fingerprint density at radius 3 is 1.43 bits per heavy atom. The van der Waals surface area contributed by atoms with E-state index in [4.69, 9.17) is 15.0 Å². The lowest BCUT2D eigenvalue weighted by Gasteiger charge is -2.16. The number of aromatic nitrogens is 6. The summed E-state index contributed by atoms with van der Waals surface area (Å²) in [5, 5.41) is 6.90. The van der Waals surface area contributed by atoms with Crippen molar-refractivity contribution in [1.82, 2.24) is 28.7 Å². The van der Waals surface area contributed by atoms with Gasteiger partial charge in [-0.05, 0) is 71.3 Å². The average molecular weight is 881 g/mol. The van der Waals surface area contributed by atoms with Crippen LogP contribution in [0.5, 0.6) is 0 Å². The molecule has 4 aromatic heterocycles. The minimum absolute atomic E-state index is 0.544. The molecule has 4 heterocycles. The number of fused-ring (bicyclic) bond motifs is 9. The molecule has 14 rings (SSSR count). The van der Waals surface area contributed by atoms with Gasteiger partial charge in [-0.3, -0.25) is 4.57 Å². The van der Waals surface area contributed by atoms with E-state index in [1.807, 2.05) is 18.2 Å². The summed E-state index contributed by atoms with van der Waals surface area (Å²) >= 11 is 0. The van der Waals surface area contributed by atoms with Crippen molar-refractivity contribution in [3.63, 3.8) is 0 Å². The van der Waals surface area contributed by atoms with Crippen molar-refractivity contribution in [2.24, 2.45) is 0 Å². The van der Waals surface area contributed by atoms with Gasteiger partial charge in [-0.1, -0.05) is 188 Å². The van der Waals surface area contributed by atoms with Crippen molar-refractivity contribution in [1.29, 1.82) is 0 Å². The molecule has 0 unspecified atom stereocenters. The van der Waals surface area contributed by atoms with Crippen molar-refractivity contribution in [2.45, 2.75) is 0 Å². The van der Waals surface area contributed by atoms with Gasteiger partial charge < -0.3 is 9.13 Å². The molecule has 0 spiro atoms. The summed E-state index contributed by atoms with van der Waals surface area (Å²) in [7, 11) is 0. The first-order chi connectivity index (χ1) is 34.2.